The van der Waals surface area contributed by atoms with E-state index >= 15 is 0 Å². The number of aliphatic hydroxyl groups excluding tert-OH is 1. The van der Waals surface area contributed by atoms with Crippen LogP contribution in [0, 0.1) is 0 Å². The van der Waals surface area contributed by atoms with Gasteiger partial charge in [-0.15, -0.1) is 11.3 Å². The zero-order valence-corrected chi connectivity index (χ0v) is 17.1. The van der Waals surface area contributed by atoms with Crippen LogP contribution in [0.4, 0.5) is 0 Å². The van der Waals surface area contributed by atoms with E-state index in [1.165, 1.54) is 35.7 Å². The molecule has 1 amide bonds. The quantitative estimate of drug-likeness (QED) is 0.811. The Morgan fingerprint density at radius 2 is 1.57 bits per heavy atom. The van der Waals surface area contributed by atoms with Crippen LogP contribution < -0.4 is 0 Å². The summed E-state index contributed by atoms with van der Waals surface area (Å²) in [5, 5.41) is 10.5. The zero-order chi connectivity index (χ0) is 19.3. The van der Waals surface area contributed by atoms with Crippen molar-refractivity contribution in [3.63, 3.8) is 0 Å². The Labute approximate surface area is 171 Å². The first-order valence-electron chi connectivity index (χ1n) is 10.2. The van der Waals surface area contributed by atoms with E-state index in [-0.39, 0.29) is 5.91 Å². The molecule has 2 aromatic rings. The van der Waals surface area contributed by atoms with Gasteiger partial charge < -0.3 is 10.0 Å². The van der Waals surface area contributed by atoms with Crippen LogP contribution in [0.1, 0.15) is 28.2 Å². The van der Waals surface area contributed by atoms with Crippen molar-refractivity contribution < 1.29 is 9.90 Å². The molecule has 2 fully saturated rings. The van der Waals surface area contributed by atoms with Gasteiger partial charge in [0.1, 0.15) is 0 Å². The molecule has 150 valence electrons. The number of benzene rings is 1. The second-order valence-corrected chi connectivity index (χ2v) is 9.19. The fraction of sp³-hybridized carbons (Fsp3) is 0.500. The lowest BCUT2D eigenvalue weighted by Crippen LogP contribution is -2.36. The minimum absolute atomic E-state index is 0.0919. The molecule has 1 unspecified atom stereocenters. The Bertz CT molecular complexity index is 773. The number of β-amino-alcohol motifs (C(OH)–C–C–N with tert-alkyl or cyclic N) is 1. The van der Waals surface area contributed by atoms with Crippen molar-refractivity contribution in [1.29, 1.82) is 0 Å². The van der Waals surface area contributed by atoms with Crippen molar-refractivity contribution in [1.82, 2.24) is 14.7 Å². The summed E-state index contributed by atoms with van der Waals surface area (Å²) < 4.78 is 0. The van der Waals surface area contributed by atoms with Crippen LogP contribution in [0.3, 0.4) is 0 Å². The second kappa shape index (κ2) is 9.18. The van der Waals surface area contributed by atoms with Gasteiger partial charge in [-0.05, 0) is 43.6 Å². The highest BCUT2D eigenvalue weighted by atomic mass is 32.1. The van der Waals surface area contributed by atoms with E-state index in [1.807, 2.05) is 41.7 Å². The first kappa shape index (κ1) is 19.6. The van der Waals surface area contributed by atoms with Crippen LogP contribution in [0.2, 0.25) is 0 Å². The molecule has 6 heteroatoms. The van der Waals surface area contributed by atoms with Gasteiger partial charge in [-0.1, -0.05) is 30.3 Å². The molecule has 4 rings (SSSR count). The van der Waals surface area contributed by atoms with Crippen molar-refractivity contribution in [2.75, 3.05) is 32.7 Å². The van der Waals surface area contributed by atoms with Gasteiger partial charge in [-0.3, -0.25) is 14.6 Å². The molecule has 1 atom stereocenters. The number of rotatable bonds is 6. The summed E-state index contributed by atoms with van der Waals surface area (Å²) in [7, 11) is 0. The number of likely N-dealkylation sites (tertiary alicyclic amines) is 1. The Kier molecular flexibility index (Phi) is 6.42. The van der Waals surface area contributed by atoms with Gasteiger partial charge in [0.05, 0.1) is 12.6 Å². The van der Waals surface area contributed by atoms with Gasteiger partial charge in [0.25, 0.3) is 0 Å². The third kappa shape index (κ3) is 5.20. The lowest BCUT2D eigenvalue weighted by atomic mass is 10.2. The monoisotopic (exact) mass is 399 g/mol. The molecule has 2 aliphatic rings. The summed E-state index contributed by atoms with van der Waals surface area (Å²) >= 11 is 1.84. The standard InChI is InChI=1S/C22H29N3O2S/c26-19-13-24(16-21-9-8-20(28-21)15-23-10-4-5-11-23)17-22(27)25(14-19)12-18-6-2-1-3-7-18/h1-3,6-9,19,26H,4-5,10-17H2. The van der Waals surface area contributed by atoms with E-state index in [9.17, 15) is 9.90 Å². The van der Waals surface area contributed by atoms with E-state index in [1.54, 1.807) is 4.90 Å². The molecular formula is C22H29N3O2S. The van der Waals surface area contributed by atoms with Crippen LogP contribution in [0.15, 0.2) is 42.5 Å². The van der Waals surface area contributed by atoms with Gasteiger partial charge in [-0.2, -0.15) is 0 Å². The average molecular weight is 400 g/mol. The molecule has 1 aromatic carbocycles. The zero-order valence-electron chi connectivity index (χ0n) is 16.3. The highest BCUT2D eigenvalue weighted by molar-refractivity contribution is 7.11. The molecule has 0 bridgehead atoms. The highest BCUT2D eigenvalue weighted by Crippen LogP contribution is 2.22. The van der Waals surface area contributed by atoms with E-state index in [2.05, 4.69) is 21.9 Å². The number of nitrogens with zero attached hydrogens (tertiary/aromatic N) is 3. The number of amides is 1. The predicted molar refractivity (Wildman–Crippen MR) is 112 cm³/mol. The Morgan fingerprint density at radius 1 is 0.893 bits per heavy atom. The van der Waals surface area contributed by atoms with Crippen molar-refractivity contribution >= 4 is 17.2 Å². The fourth-order valence-corrected chi connectivity index (χ4v) is 5.22. The third-order valence-corrected chi connectivity index (χ3v) is 6.56. The maximum Gasteiger partial charge on any atom is 0.237 e. The topological polar surface area (TPSA) is 47.0 Å². The van der Waals surface area contributed by atoms with Crippen LogP contribution in [0.25, 0.3) is 0 Å². The smallest absolute Gasteiger partial charge is 0.237 e. The van der Waals surface area contributed by atoms with E-state index in [0.29, 0.717) is 26.2 Å². The minimum Gasteiger partial charge on any atom is -0.390 e. The van der Waals surface area contributed by atoms with Gasteiger partial charge in [-0.25, -0.2) is 0 Å². The van der Waals surface area contributed by atoms with Crippen LogP contribution in [-0.2, 0) is 24.4 Å². The molecule has 3 heterocycles. The normalized spacial score (nSPS) is 22.0. The van der Waals surface area contributed by atoms with E-state index < -0.39 is 6.10 Å². The van der Waals surface area contributed by atoms with E-state index in [4.69, 9.17) is 0 Å². The van der Waals surface area contributed by atoms with Gasteiger partial charge in [0.15, 0.2) is 0 Å². The molecule has 0 radical (unpaired) electrons. The fourth-order valence-electron chi connectivity index (χ4n) is 4.12. The maximum absolute atomic E-state index is 12.8. The molecule has 0 spiro atoms. The summed E-state index contributed by atoms with van der Waals surface area (Å²) in [4.78, 5) is 21.8. The van der Waals surface area contributed by atoms with Crippen molar-refractivity contribution in [2.45, 2.75) is 38.6 Å². The number of thiophene rings is 1. The van der Waals surface area contributed by atoms with E-state index in [0.717, 1.165) is 18.7 Å². The SMILES string of the molecule is O=C1CN(Cc2ccc(CN3CCCC3)s2)CC(O)CN1Cc1ccccc1. The molecule has 28 heavy (non-hydrogen) atoms. The Morgan fingerprint density at radius 3 is 2.29 bits per heavy atom. The summed E-state index contributed by atoms with van der Waals surface area (Å²) in [5.74, 6) is 0.0919. The van der Waals surface area contributed by atoms with Gasteiger partial charge in [0.2, 0.25) is 5.91 Å². The molecule has 1 N–H and O–H groups in total. The molecule has 5 nitrogen and oxygen atoms in total. The molecule has 1 aromatic heterocycles. The first-order chi connectivity index (χ1) is 13.7. The maximum atomic E-state index is 12.8. The highest BCUT2D eigenvalue weighted by Gasteiger charge is 2.27. The van der Waals surface area contributed by atoms with Crippen molar-refractivity contribution in [3.8, 4) is 0 Å². The number of aliphatic hydroxyl groups is 1. The summed E-state index contributed by atoms with van der Waals surface area (Å²) in [6.45, 7) is 6.04. The summed E-state index contributed by atoms with van der Waals surface area (Å²) in [6.07, 6.45) is 2.11. The number of carbonyl (C=O) groups excluding carboxylic acids is 1. The molecule has 0 saturated carbocycles. The van der Waals surface area contributed by atoms with Crippen LogP contribution in [-0.4, -0.2) is 64.5 Å². The number of hydrogen-bond donors (Lipinski definition) is 1. The Balaban J connectivity index is 1.35. The third-order valence-electron chi connectivity index (χ3n) is 5.50. The van der Waals surface area contributed by atoms with Gasteiger partial charge in [0, 0.05) is 42.5 Å². The second-order valence-electron chi connectivity index (χ2n) is 7.93. The lowest BCUT2D eigenvalue weighted by molar-refractivity contribution is -0.132. The van der Waals surface area contributed by atoms with Crippen molar-refractivity contribution in [3.05, 3.63) is 57.8 Å². The average Bonchev–Trinajstić information content (AvgIpc) is 3.32. The minimum atomic E-state index is -0.515. The Hall–Kier alpha value is -1.73. The van der Waals surface area contributed by atoms with Crippen LogP contribution >= 0.6 is 11.3 Å². The lowest BCUT2D eigenvalue weighted by Gasteiger charge is -2.22. The van der Waals surface area contributed by atoms with Crippen LogP contribution in [0.5, 0.6) is 0 Å². The molecular weight excluding hydrogens is 370 g/mol. The largest absolute Gasteiger partial charge is 0.390 e. The van der Waals surface area contributed by atoms with Gasteiger partial charge >= 0.3 is 0 Å². The summed E-state index contributed by atoms with van der Waals surface area (Å²) in [5.41, 5.74) is 1.10. The number of carbonyl (C=O) groups is 1. The first-order valence-corrected chi connectivity index (χ1v) is 11.0. The molecule has 2 aliphatic heterocycles. The molecule has 2 saturated heterocycles. The number of hydrogen-bond acceptors (Lipinski definition) is 5. The predicted octanol–water partition coefficient (Wildman–Crippen LogP) is 2.55. The molecule has 0 aliphatic carbocycles. The summed E-state index contributed by atoms with van der Waals surface area (Å²) in [6, 6.07) is 14.4. The van der Waals surface area contributed by atoms with Crippen molar-refractivity contribution in [2.24, 2.45) is 0 Å².